The maximum atomic E-state index is 12.0. The molecule has 3 heterocycles. The van der Waals surface area contributed by atoms with Crippen LogP contribution in [0.4, 0.5) is 0 Å². The van der Waals surface area contributed by atoms with E-state index in [1.165, 1.54) is 11.3 Å². The Hall–Kier alpha value is -1.35. The summed E-state index contributed by atoms with van der Waals surface area (Å²) in [6.07, 6.45) is 0.149. The molecule has 0 saturated carbocycles. The lowest BCUT2D eigenvalue weighted by atomic mass is 10.0. The minimum atomic E-state index is -0.573. The molecular weight excluding hydrogens is 320 g/mol. The summed E-state index contributed by atoms with van der Waals surface area (Å²) < 4.78 is 0. The van der Waals surface area contributed by atoms with Crippen molar-refractivity contribution in [3.8, 4) is 0 Å². The molecule has 2 aromatic heterocycles. The molecule has 8 heteroatoms. The first-order valence-electron chi connectivity index (χ1n) is 7.12. The molecule has 2 N–H and O–H groups in total. The average molecular weight is 338 g/mol. The maximum absolute atomic E-state index is 12.0. The third-order valence-electron chi connectivity index (χ3n) is 3.70. The predicted molar refractivity (Wildman–Crippen MR) is 86.1 cm³/mol. The van der Waals surface area contributed by atoms with Gasteiger partial charge in [0.1, 0.15) is 5.69 Å². The van der Waals surface area contributed by atoms with E-state index in [2.05, 4.69) is 25.6 Å². The number of piperidine rings is 1. The Bertz CT molecular complexity index is 629. The van der Waals surface area contributed by atoms with Gasteiger partial charge in [-0.2, -0.15) is 0 Å². The highest BCUT2D eigenvalue weighted by atomic mass is 32.1. The van der Waals surface area contributed by atoms with Crippen molar-refractivity contribution in [2.24, 2.45) is 0 Å². The van der Waals surface area contributed by atoms with Gasteiger partial charge in [-0.3, -0.25) is 9.69 Å². The van der Waals surface area contributed by atoms with Crippen LogP contribution in [0, 0.1) is 6.92 Å². The Morgan fingerprint density at radius 2 is 2.41 bits per heavy atom. The first kappa shape index (κ1) is 15.5. The number of rotatable bonds is 4. The van der Waals surface area contributed by atoms with Gasteiger partial charge in [0.2, 0.25) is 0 Å². The molecule has 0 aliphatic carbocycles. The van der Waals surface area contributed by atoms with Gasteiger partial charge < -0.3 is 10.4 Å². The van der Waals surface area contributed by atoms with Crippen molar-refractivity contribution >= 4 is 28.6 Å². The van der Waals surface area contributed by atoms with Gasteiger partial charge >= 0.3 is 0 Å². The zero-order valence-electron chi connectivity index (χ0n) is 12.2. The smallest absolute Gasteiger partial charge is 0.271 e. The van der Waals surface area contributed by atoms with Crippen molar-refractivity contribution in [1.29, 1.82) is 0 Å². The molecule has 1 saturated heterocycles. The van der Waals surface area contributed by atoms with Crippen LogP contribution < -0.4 is 5.32 Å². The third kappa shape index (κ3) is 3.70. The molecule has 1 fully saturated rings. The zero-order chi connectivity index (χ0) is 15.5. The number of hydrogen-bond acceptors (Lipinski definition) is 7. The molecule has 1 amide bonds. The van der Waals surface area contributed by atoms with E-state index in [9.17, 15) is 9.90 Å². The van der Waals surface area contributed by atoms with E-state index in [0.29, 0.717) is 12.2 Å². The molecule has 0 aromatic carbocycles. The largest absolute Gasteiger partial charge is 0.390 e. The number of nitrogens with zero attached hydrogens (tertiary/aromatic N) is 3. The van der Waals surface area contributed by atoms with Gasteiger partial charge in [0.25, 0.3) is 5.91 Å². The number of aryl methyl sites for hydroxylation is 1. The van der Waals surface area contributed by atoms with Crippen LogP contribution in [0.5, 0.6) is 0 Å². The number of amides is 1. The molecule has 22 heavy (non-hydrogen) atoms. The number of thiazole rings is 2. The molecule has 2 aromatic rings. The summed E-state index contributed by atoms with van der Waals surface area (Å²) in [4.78, 5) is 22.6. The molecular formula is C14H18N4O2S2. The molecule has 0 radical (unpaired) electrons. The molecule has 2 atom stereocenters. The van der Waals surface area contributed by atoms with Crippen LogP contribution in [0.25, 0.3) is 0 Å². The van der Waals surface area contributed by atoms with Crippen molar-refractivity contribution in [1.82, 2.24) is 20.2 Å². The number of hydrogen-bond donors (Lipinski definition) is 2. The normalized spacial score (nSPS) is 22.6. The lowest BCUT2D eigenvalue weighted by Gasteiger charge is -2.35. The van der Waals surface area contributed by atoms with Crippen LogP contribution in [0.1, 0.15) is 27.6 Å². The quantitative estimate of drug-likeness (QED) is 0.878. The summed E-state index contributed by atoms with van der Waals surface area (Å²) in [6.45, 7) is 4.10. The van der Waals surface area contributed by atoms with Crippen molar-refractivity contribution < 1.29 is 9.90 Å². The lowest BCUT2D eigenvalue weighted by Crippen LogP contribution is -2.53. The van der Waals surface area contributed by atoms with E-state index < -0.39 is 6.10 Å². The number of aromatic nitrogens is 2. The molecule has 0 spiro atoms. The first-order valence-corrected chi connectivity index (χ1v) is 8.94. The van der Waals surface area contributed by atoms with E-state index in [4.69, 9.17) is 0 Å². The van der Waals surface area contributed by atoms with Gasteiger partial charge in [-0.05, 0) is 13.3 Å². The molecule has 1 aliphatic heterocycles. The van der Waals surface area contributed by atoms with Gasteiger partial charge in [-0.1, -0.05) is 0 Å². The zero-order valence-corrected chi connectivity index (χ0v) is 13.9. The predicted octanol–water partition coefficient (Wildman–Crippen LogP) is 1.27. The fourth-order valence-corrected chi connectivity index (χ4v) is 3.72. The highest BCUT2D eigenvalue weighted by Gasteiger charge is 2.29. The standard InChI is InChI=1S/C14H18N4O2S2/c1-9-16-10(6-22-9)4-18-3-2-11(13(19)5-18)17-14(20)12-7-21-8-15-12/h6-8,11,13,19H,2-5H2,1H3,(H,17,20)/t11-,13-/m1/s1. The monoisotopic (exact) mass is 338 g/mol. The van der Waals surface area contributed by atoms with Crippen LogP contribution in [0.15, 0.2) is 16.3 Å². The number of nitrogens with one attached hydrogen (secondary N) is 1. The third-order valence-corrected chi connectivity index (χ3v) is 5.11. The van der Waals surface area contributed by atoms with Gasteiger partial charge in [0.05, 0.1) is 28.4 Å². The Morgan fingerprint density at radius 3 is 3.05 bits per heavy atom. The summed E-state index contributed by atoms with van der Waals surface area (Å²) in [5.41, 5.74) is 3.08. The number of aliphatic hydroxyl groups is 1. The lowest BCUT2D eigenvalue weighted by molar-refractivity contribution is 0.0345. The number of carbonyl (C=O) groups excluding carboxylic acids is 1. The fraction of sp³-hybridized carbons (Fsp3) is 0.500. The van der Waals surface area contributed by atoms with E-state index in [-0.39, 0.29) is 11.9 Å². The summed E-state index contributed by atoms with van der Waals surface area (Å²) in [5.74, 6) is -0.214. The summed E-state index contributed by atoms with van der Waals surface area (Å²) in [6, 6.07) is -0.220. The topological polar surface area (TPSA) is 78.4 Å². The molecule has 118 valence electrons. The Kier molecular flexibility index (Phi) is 4.82. The van der Waals surface area contributed by atoms with Crippen LogP contribution in [0.2, 0.25) is 0 Å². The SMILES string of the molecule is Cc1nc(CN2CC[C@@H](NC(=O)c3cscn3)[C@H](O)C2)cs1. The number of likely N-dealkylation sites (tertiary alicyclic amines) is 1. The molecule has 6 nitrogen and oxygen atoms in total. The maximum Gasteiger partial charge on any atom is 0.271 e. The molecule has 1 aliphatic rings. The molecule has 0 unspecified atom stereocenters. The minimum absolute atomic E-state index is 0.214. The van der Waals surface area contributed by atoms with E-state index in [0.717, 1.165) is 30.2 Å². The second-order valence-electron chi connectivity index (χ2n) is 5.40. The van der Waals surface area contributed by atoms with Crippen molar-refractivity contribution in [2.75, 3.05) is 13.1 Å². The first-order chi connectivity index (χ1) is 10.6. The average Bonchev–Trinajstić information content (AvgIpc) is 3.13. The molecule has 0 bridgehead atoms. The van der Waals surface area contributed by atoms with E-state index in [1.807, 2.05) is 6.92 Å². The Morgan fingerprint density at radius 1 is 1.55 bits per heavy atom. The van der Waals surface area contributed by atoms with Crippen molar-refractivity contribution in [3.63, 3.8) is 0 Å². The van der Waals surface area contributed by atoms with Crippen LogP contribution >= 0.6 is 22.7 Å². The van der Waals surface area contributed by atoms with Crippen molar-refractivity contribution in [2.45, 2.75) is 32.0 Å². The second kappa shape index (κ2) is 6.82. The second-order valence-corrected chi connectivity index (χ2v) is 7.18. The highest BCUT2D eigenvalue weighted by molar-refractivity contribution is 7.09. The van der Waals surface area contributed by atoms with Crippen LogP contribution in [-0.2, 0) is 6.54 Å². The number of carbonyl (C=O) groups is 1. The van der Waals surface area contributed by atoms with Gasteiger partial charge in [-0.15, -0.1) is 22.7 Å². The fourth-order valence-electron chi connectivity index (χ4n) is 2.59. The summed E-state index contributed by atoms with van der Waals surface area (Å²) in [7, 11) is 0. The molecule has 3 rings (SSSR count). The van der Waals surface area contributed by atoms with E-state index in [1.54, 1.807) is 22.2 Å². The van der Waals surface area contributed by atoms with Gasteiger partial charge in [0.15, 0.2) is 0 Å². The highest BCUT2D eigenvalue weighted by Crippen LogP contribution is 2.16. The summed E-state index contributed by atoms with van der Waals surface area (Å²) in [5, 5.41) is 18.0. The van der Waals surface area contributed by atoms with Gasteiger partial charge in [-0.25, -0.2) is 9.97 Å². The Labute approximate surface area is 136 Å². The Balaban J connectivity index is 1.52. The van der Waals surface area contributed by atoms with Crippen LogP contribution in [0.3, 0.4) is 0 Å². The number of β-amino-alcohol motifs (C(OH)–C–C–N with tert-alkyl or cyclic N) is 1. The van der Waals surface area contributed by atoms with Crippen LogP contribution in [-0.4, -0.2) is 51.1 Å². The minimum Gasteiger partial charge on any atom is -0.390 e. The summed E-state index contributed by atoms with van der Waals surface area (Å²) >= 11 is 3.02. The number of aliphatic hydroxyl groups excluding tert-OH is 1. The van der Waals surface area contributed by atoms with E-state index >= 15 is 0 Å². The van der Waals surface area contributed by atoms with Crippen molar-refractivity contribution in [3.05, 3.63) is 32.7 Å². The van der Waals surface area contributed by atoms with Gasteiger partial charge in [0, 0.05) is 30.4 Å².